The molecule has 0 atom stereocenters. The Morgan fingerprint density at radius 2 is 1.70 bits per heavy atom. The molecule has 2 amide bonds. The number of hydrogen-bond acceptors (Lipinski definition) is 3. The van der Waals surface area contributed by atoms with Gasteiger partial charge < -0.3 is 21.1 Å². The molecule has 0 unspecified atom stereocenters. The number of benzene rings is 2. The zero-order valence-corrected chi connectivity index (χ0v) is 10.8. The normalized spacial score (nSPS) is 9.90. The average Bonchev–Trinajstić information content (AvgIpc) is 2.44. The molecule has 0 saturated carbocycles. The first-order valence-electron chi connectivity index (χ1n) is 5.85. The minimum absolute atomic E-state index is 0.0211. The van der Waals surface area contributed by atoms with Crippen molar-refractivity contribution in [1.82, 2.24) is 0 Å². The molecule has 2 rings (SSSR count). The van der Waals surface area contributed by atoms with Crippen molar-refractivity contribution in [2.75, 3.05) is 23.5 Å². The van der Waals surface area contributed by atoms with Gasteiger partial charge in [0.2, 0.25) is 0 Å². The molecule has 0 radical (unpaired) electrons. The van der Waals surface area contributed by atoms with Crippen molar-refractivity contribution >= 4 is 23.1 Å². The lowest BCUT2D eigenvalue weighted by Gasteiger charge is -2.09. The van der Waals surface area contributed by atoms with Crippen LogP contribution in [0.15, 0.2) is 42.5 Å². The van der Waals surface area contributed by atoms with Crippen molar-refractivity contribution in [1.29, 1.82) is 0 Å². The van der Waals surface area contributed by atoms with Crippen molar-refractivity contribution in [3.05, 3.63) is 48.3 Å². The molecule has 5 nitrogen and oxygen atoms in total. The van der Waals surface area contributed by atoms with E-state index in [1.54, 1.807) is 31.4 Å². The van der Waals surface area contributed by atoms with E-state index in [-0.39, 0.29) is 5.69 Å². The molecule has 6 heteroatoms. The number of carbonyl (C=O) groups is 1. The van der Waals surface area contributed by atoms with Crippen LogP contribution in [0.1, 0.15) is 0 Å². The van der Waals surface area contributed by atoms with Crippen LogP contribution in [0.3, 0.4) is 0 Å². The lowest BCUT2D eigenvalue weighted by molar-refractivity contribution is 0.262. The topological polar surface area (TPSA) is 76.4 Å². The molecule has 0 aromatic heterocycles. The highest BCUT2D eigenvalue weighted by Gasteiger charge is 2.05. The monoisotopic (exact) mass is 275 g/mol. The number of methoxy groups -OCH3 is 1. The largest absolute Gasteiger partial charge is 0.497 e. The fourth-order valence-electron chi connectivity index (χ4n) is 1.59. The number of ether oxygens (including phenoxy) is 1. The maximum atomic E-state index is 13.0. The van der Waals surface area contributed by atoms with E-state index in [4.69, 9.17) is 10.5 Å². The Hall–Kier alpha value is -2.76. The summed E-state index contributed by atoms with van der Waals surface area (Å²) < 4.78 is 18.0. The molecule has 2 aromatic rings. The number of nitrogen functional groups attached to an aromatic ring is 1. The minimum atomic E-state index is -0.522. The number of urea groups is 1. The highest BCUT2D eigenvalue weighted by molar-refractivity contribution is 6.00. The van der Waals surface area contributed by atoms with Crippen LogP contribution < -0.4 is 21.1 Å². The molecule has 0 aliphatic rings. The molecule has 0 aliphatic carbocycles. The first kappa shape index (κ1) is 13.7. The molecule has 4 N–H and O–H groups in total. The Morgan fingerprint density at radius 1 is 1.10 bits per heavy atom. The van der Waals surface area contributed by atoms with E-state index >= 15 is 0 Å². The Kier molecular flexibility index (Phi) is 4.05. The fraction of sp³-hybridized carbons (Fsp3) is 0.0714. The van der Waals surface area contributed by atoms with Crippen LogP contribution in [0.5, 0.6) is 5.75 Å². The predicted octanol–water partition coefficient (Wildman–Crippen LogP) is 3.06. The second kappa shape index (κ2) is 5.92. The van der Waals surface area contributed by atoms with Crippen molar-refractivity contribution in [3.63, 3.8) is 0 Å². The van der Waals surface area contributed by atoms with Gasteiger partial charge in [-0.1, -0.05) is 0 Å². The molecule has 20 heavy (non-hydrogen) atoms. The summed E-state index contributed by atoms with van der Waals surface area (Å²) in [5, 5.41) is 5.19. The quantitative estimate of drug-likeness (QED) is 0.753. The van der Waals surface area contributed by atoms with Gasteiger partial charge in [-0.05, 0) is 42.5 Å². The highest BCUT2D eigenvalue weighted by atomic mass is 19.1. The molecule has 0 fully saturated rings. The van der Waals surface area contributed by atoms with Crippen LogP contribution in [0, 0.1) is 5.82 Å². The molecule has 0 bridgehead atoms. The molecular weight excluding hydrogens is 261 g/mol. The molecule has 0 saturated heterocycles. The van der Waals surface area contributed by atoms with Crippen LogP contribution in [-0.4, -0.2) is 13.1 Å². The van der Waals surface area contributed by atoms with E-state index < -0.39 is 11.8 Å². The summed E-state index contributed by atoms with van der Waals surface area (Å²) >= 11 is 0. The van der Waals surface area contributed by atoms with E-state index in [2.05, 4.69) is 10.6 Å². The standard InChI is InChI=1S/C14H14FN3O2/c1-20-11-5-2-9(3-6-11)17-14(19)18-10-4-7-12(15)13(16)8-10/h2-8H,16H2,1H3,(H2,17,18,19). The van der Waals surface area contributed by atoms with Crippen LogP contribution in [-0.2, 0) is 0 Å². The number of carbonyl (C=O) groups excluding carboxylic acids is 1. The van der Waals surface area contributed by atoms with Crippen LogP contribution in [0.4, 0.5) is 26.2 Å². The summed E-state index contributed by atoms with van der Waals surface area (Å²) in [6, 6.07) is 10.4. The van der Waals surface area contributed by atoms with E-state index in [1.165, 1.54) is 18.2 Å². The molecule has 2 aromatic carbocycles. The zero-order valence-electron chi connectivity index (χ0n) is 10.8. The van der Waals surface area contributed by atoms with Crippen LogP contribution in [0.2, 0.25) is 0 Å². The second-order valence-corrected chi connectivity index (χ2v) is 4.04. The van der Waals surface area contributed by atoms with Crippen molar-refractivity contribution in [3.8, 4) is 5.75 Å². The Bertz CT molecular complexity index is 614. The number of nitrogens with one attached hydrogen (secondary N) is 2. The minimum Gasteiger partial charge on any atom is -0.497 e. The van der Waals surface area contributed by atoms with Gasteiger partial charge in [-0.3, -0.25) is 0 Å². The molecule has 0 spiro atoms. The van der Waals surface area contributed by atoms with Crippen molar-refractivity contribution in [2.45, 2.75) is 0 Å². The van der Waals surface area contributed by atoms with Gasteiger partial charge >= 0.3 is 6.03 Å². The maximum Gasteiger partial charge on any atom is 0.323 e. The van der Waals surface area contributed by atoms with Crippen molar-refractivity contribution in [2.24, 2.45) is 0 Å². The summed E-state index contributed by atoms with van der Waals surface area (Å²) in [6.45, 7) is 0. The summed E-state index contributed by atoms with van der Waals surface area (Å²) in [7, 11) is 1.56. The highest BCUT2D eigenvalue weighted by Crippen LogP contribution is 2.18. The number of hydrogen-bond donors (Lipinski definition) is 3. The Morgan fingerprint density at radius 3 is 2.30 bits per heavy atom. The fourth-order valence-corrected chi connectivity index (χ4v) is 1.59. The number of nitrogens with two attached hydrogens (primary N) is 1. The van der Waals surface area contributed by atoms with E-state index in [0.717, 1.165) is 0 Å². The second-order valence-electron chi connectivity index (χ2n) is 4.04. The van der Waals surface area contributed by atoms with Gasteiger partial charge in [-0.25, -0.2) is 9.18 Å². The van der Waals surface area contributed by atoms with E-state index in [0.29, 0.717) is 17.1 Å². The van der Waals surface area contributed by atoms with Crippen molar-refractivity contribution < 1.29 is 13.9 Å². The average molecular weight is 275 g/mol. The molecular formula is C14H14FN3O2. The summed E-state index contributed by atoms with van der Waals surface area (Å²) in [4.78, 5) is 11.7. The van der Waals surface area contributed by atoms with Gasteiger partial charge in [0.15, 0.2) is 0 Å². The Balaban J connectivity index is 1.99. The van der Waals surface area contributed by atoms with Crippen LogP contribution >= 0.6 is 0 Å². The SMILES string of the molecule is COc1ccc(NC(=O)Nc2ccc(F)c(N)c2)cc1. The Labute approximate surface area is 115 Å². The smallest absolute Gasteiger partial charge is 0.323 e. The lowest BCUT2D eigenvalue weighted by Crippen LogP contribution is -2.19. The summed E-state index contributed by atoms with van der Waals surface area (Å²) in [5.41, 5.74) is 6.42. The van der Waals surface area contributed by atoms with E-state index in [9.17, 15) is 9.18 Å². The zero-order chi connectivity index (χ0) is 14.5. The van der Waals surface area contributed by atoms with Gasteiger partial charge in [0.25, 0.3) is 0 Å². The number of anilines is 3. The maximum absolute atomic E-state index is 13.0. The molecule has 0 heterocycles. The number of halogens is 1. The third-order valence-corrected chi connectivity index (χ3v) is 2.60. The van der Waals surface area contributed by atoms with Crippen LogP contribution in [0.25, 0.3) is 0 Å². The molecule has 104 valence electrons. The first-order chi connectivity index (χ1) is 9.58. The third-order valence-electron chi connectivity index (χ3n) is 2.60. The third kappa shape index (κ3) is 3.38. The summed E-state index contributed by atoms with van der Waals surface area (Å²) in [5.74, 6) is 0.174. The van der Waals surface area contributed by atoms with E-state index in [1.807, 2.05) is 0 Å². The van der Waals surface area contributed by atoms with Gasteiger partial charge in [0, 0.05) is 11.4 Å². The lowest BCUT2D eigenvalue weighted by atomic mass is 10.2. The van der Waals surface area contributed by atoms with Gasteiger partial charge in [0.1, 0.15) is 11.6 Å². The first-order valence-corrected chi connectivity index (χ1v) is 5.85. The number of amides is 2. The molecule has 0 aliphatic heterocycles. The predicted molar refractivity (Wildman–Crippen MR) is 76.4 cm³/mol. The summed E-state index contributed by atoms with van der Waals surface area (Å²) in [6.07, 6.45) is 0. The van der Waals surface area contributed by atoms with Gasteiger partial charge in [0.05, 0.1) is 12.8 Å². The van der Waals surface area contributed by atoms with Gasteiger partial charge in [-0.2, -0.15) is 0 Å². The number of rotatable bonds is 3. The van der Waals surface area contributed by atoms with Gasteiger partial charge in [-0.15, -0.1) is 0 Å².